The Hall–Kier alpha value is -0.800. The SMILES string of the molecule is CCc1ccc(C(Cl)Cc2ncc[nH]2)s1. The number of aryl methyl sites for hydroxylation is 1. The van der Waals surface area contributed by atoms with E-state index in [-0.39, 0.29) is 5.38 Å². The van der Waals surface area contributed by atoms with Crippen LogP contribution >= 0.6 is 22.9 Å². The fourth-order valence-electron chi connectivity index (χ4n) is 1.43. The van der Waals surface area contributed by atoms with E-state index in [0.29, 0.717) is 0 Å². The standard InChI is InChI=1S/C11H13ClN2S/c1-2-8-3-4-10(15-8)9(12)7-11-13-5-6-14-11/h3-6,9H,2,7H2,1H3,(H,13,14). The monoisotopic (exact) mass is 240 g/mol. The Labute approximate surface area is 98.3 Å². The van der Waals surface area contributed by atoms with Crippen LogP contribution in [0.15, 0.2) is 24.5 Å². The lowest BCUT2D eigenvalue weighted by atomic mass is 10.2. The minimum absolute atomic E-state index is 0.0291. The van der Waals surface area contributed by atoms with Crippen LogP contribution in [0.3, 0.4) is 0 Å². The summed E-state index contributed by atoms with van der Waals surface area (Å²) in [7, 11) is 0. The molecule has 0 saturated carbocycles. The molecule has 2 aromatic heterocycles. The number of thiophene rings is 1. The number of alkyl halides is 1. The van der Waals surface area contributed by atoms with Gasteiger partial charge in [0, 0.05) is 28.6 Å². The fourth-order valence-corrected chi connectivity index (χ4v) is 2.72. The first-order chi connectivity index (χ1) is 7.29. The molecule has 1 atom stereocenters. The summed E-state index contributed by atoms with van der Waals surface area (Å²) in [4.78, 5) is 9.85. The van der Waals surface area contributed by atoms with Crippen molar-refractivity contribution in [1.82, 2.24) is 9.97 Å². The first-order valence-corrected chi connectivity index (χ1v) is 6.26. The topological polar surface area (TPSA) is 28.7 Å². The van der Waals surface area contributed by atoms with E-state index in [4.69, 9.17) is 11.6 Å². The van der Waals surface area contributed by atoms with Gasteiger partial charge < -0.3 is 4.98 Å². The average molecular weight is 241 g/mol. The summed E-state index contributed by atoms with van der Waals surface area (Å²) in [6.07, 6.45) is 5.42. The van der Waals surface area contributed by atoms with Crippen molar-refractivity contribution in [2.24, 2.45) is 0 Å². The Morgan fingerprint density at radius 3 is 3.00 bits per heavy atom. The molecule has 15 heavy (non-hydrogen) atoms. The van der Waals surface area contributed by atoms with Crippen LogP contribution in [0.1, 0.15) is 27.9 Å². The molecule has 2 rings (SSSR count). The smallest absolute Gasteiger partial charge is 0.107 e. The molecule has 0 spiro atoms. The van der Waals surface area contributed by atoms with E-state index >= 15 is 0 Å². The van der Waals surface area contributed by atoms with Crippen molar-refractivity contribution in [2.45, 2.75) is 25.1 Å². The van der Waals surface area contributed by atoms with E-state index in [9.17, 15) is 0 Å². The lowest BCUT2D eigenvalue weighted by Crippen LogP contribution is -1.95. The molecule has 2 nitrogen and oxygen atoms in total. The van der Waals surface area contributed by atoms with E-state index in [1.807, 2.05) is 6.20 Å². The molecular weight excluding hydrogens is 228 g/mol. The molecule has 1 unspecified atom stereocenters. The largest absolute Gasteiger partial charge is 0.349 e. The highest BCUT2D eigenvalue weighted by atomic mass is 35.5. The van der Waals surface area contributed by atoms with E-state index in [0.717, 1.165) is 18.7 Å². The molecule has 0 radical (unpaired) electrons. The van der Waals surface area contributed by atoms with Crippen LogP contribution in [0.25, 0.3) is 0 Å². The first kappa shape index (κ1) is 10.7. The average Bonchev–Trinajstić information content (AvgIpc) is 2.86. The third-order valence-corrected chi connectivity index (χ3v) is 4.13. The molecule has 2 heterocycles. The predicted octanol–water partition coefficient (Wildman–Crippen LogP) is 3.56. The Kier molecular flexibility index (Phi) is 3.44. The maximum atomic E-state index is 6.32. The number of nitrogens with zero attached hydrogens (tertiary/aromatic N) is 1. The van der Waals surface area contributed by atoms with E-state index in [1.54, 1.807) is 17.5 Å². The molecule has 0 aliphatic carbocycles. The summed E-state index contributed by atoms with van der Waals surface area (Å²) in [5.74, 6) is 0.946. The Bertz CT molecular complexity index is 408. The van der Waals surface area contributed by atoms with E-state index < -0.39 is 0 Å². The van der Waals surface area contributed by atoms with Gasteiger partial charge in [-0.1, -0.05) is 6.92 Å². The quantitative estimate of drug-likeness (QED) is 0.814. The summed E-state index contributed by atoms with van der Waals surface area (Å²) < 4.78 is 0. The zero-order valence-electron chi connectivity index (χ0n) is 8.53. The third kappa shape index (κ3) is 2.61. The predicted molar refractivity (Wildman–Crippen MR) is 64.6 cm³/mol. The molecular formula is C11H13ClN2S. The Morgan fingerprint density at radius 2 is 2.40 bits per heavy atom. The highest BCUT2D eigenvalue weighted by Crippen LogP contribution is 2.30. The molecule has 4 heteroatoms. The highest BCUT2D eigenvalue weighted by molar-refractivity contribution is 7.12. The fraction of sp³-hybridized carbons (Fsp3) is 0.364. The van der Waals surface area contributed by atoms with Crippen LogP contribution in [-0.2, 0) is 12.8 Å². The summed E-state index contributed by atoms with van der Waals surface area (Å²) >= 11 is 8.11. The zero-order valence-corrected chi connectivity index (χ0v) is 10.1. The van der Waals surface area contributed by atoms with Gasteiger partial charge in [0.05, 0.1) is 5.38 Å². The minimum atomic E-state index is 0.0291. The second kappa shape index (κ2) is 4.81. The van der Waals surface area contributed by atoms with Crippen molar-refractivity contribution in [1.29, 1.82) is 0 Å². The molecule has 80 valence electrons. The second-order valence-electron chi connectivity index (χ2n) is 3.37. The van der Waals surface area contributed by atoms with Gasteiger partial charge in [-0.15, -0.1) is 22.9 Å². The summed E-state index contributed by atoms with van der Waals surface area (Å²) in [5, 5.41) is 0.0291. The molecule has 0 aliphatic rings. The number of hydrogen-bond acceptors (Lipinski definition) is 2. The summed E-state index contributed by atoms with van der Waals surface area (Å²) in [6, 6.07) is 4.27. The number of aromatic nitrogens is 2. The zero-order chi connectivity index (χ0) is 10.7. The van der Waals surface area contributed by atoms with Gasteiger partial charge in [-0.2, -0.15) is 0 Å². The maximum Gasteiger partial charge on any atom is 0.107 e. The lowest BCUT2D eigenvalue weighted by Gasteiger charge is -2.03. The van der Waals surface area contributed by atoms with Crippen molar-refractivity contribution in [3.8, 4) is 0 Å². The number of hydrogen-bond donors (Lipinski definition) is 1. The van der Waals surface area contributed by atoms with Gasteiger partial charge in [-0.05, 0) is 18.6 Å². The van der Waals surface area contributed by atoms with Gasteiger partial charge in [0.25, 0.3) is 0 Å². The minimum Gasteiger partial charge on any atom is -0.349 e. The molecule has 0 amide bonds. The van der Waals surface area contributed by atoms with Gasteiger partial charge in [-0.25, -0.2) is 4.98 Å². The lowest BCUT2D eigenvalue weighted by molar-refractivity contribution is 0.868. The number of imidazole rings is 1. The number of H-pyrrole nitrogens is 1. The van der Waals surface area contributed by atoms with Crippen molar-refractivity contribution in [3.05, 3.63) is 40.1 Å². The third-order valence-electron chi connectivity index (χ3n) is 2.27. The van der Waals surface area contributed by atoms with Crippen molar-refractivity contribution < 1.29 is 0 Å². The normalized spacial score (nSPS) is 12.9. The summed E-state index contributed by atoms with van der Waals surface area (Å²) in [6.45, 7) is 2.16. The van der Waals surface area contributed by atoms with Crippen molar-refractivity contribution >= 4 is 22.9 Å². The molecule has 2 aromatic rings. The molecule has 0 aromatic carbocycles. The van der Waals surface area contributed by atoms with E-state index in [2.05, 4.69) is 29.0 Å². The van der Waals surface area contributed by atoms with Crippen LogP contribution in [0.4, 0.5) is 0 Å². The van der Waals surface area contributed by atoms with Crippen molar-refractivity contribution in [3.63, 3.8) is 0 Å². The van der Waals surface area contributed by atoms with Crippen LogP contribution in [0.5, 0.6) is 0 Å². The molecule has 0 aliphatic heterocycles. The van der Waals surface area contributed by atoms with Crippen LogP contribution in [0.2, 0.25) is 0 Å². The summed E-state index contributed by atoms with van der Waals surface area (Å²) in [5.41, 5.74) is 0. The second-order valence-corrected chi connectivity index (χ2v) is 5.09. The number of rotatable bonds is 4. The molecule has 0 bridgehead atoms. The number of nitrogens with one attached hydrogen (secondary N) is 1. The first-order valence-electron chi connectivity index (χ1n) is 5.00. The van der Waals surface area contributed by atoms with Crippen LogP contribution in [-0.4, -0.2) is 9.97 Å². The molecule has 0 fully saturated rings. The van der Waals surface area contributed by atoms with Gasteiger partial charge in [-0.3, -0.25) is 0 Å². The number of halogens is 1. The molecule has 0 saturated heterocycles. The number of aromatic amines is 1. The van der Waals surface area contributed by atoms with Crippen LogP contribution in [0, 0.1) is 0 Å². The van der Waals surface area contributed by atoms with Crippen molar-refractivity contribution in [2.75, 3.05) is 0 Å². The Morgan fingerprint density at radius 1 is 1.53 bits per heavy atom. The van der Waals surface area contributed by atoms with Crippen LogP contribution < -0.4 is 0 Å². The van der Waals surface area contributed by atoms with E-state index in [1.165, 1.54) is 9.75 Å². The van der Waals surface area contributed by atoms with Gasteiger partial charge in [0.1, 0.15) is 5.82 Å². The maximum absolute atomic E-state index is 6.32. The van der Waals surface area contributed by atoms with Gasteiger partial charge >= 0.3 is 0 Å². The Balaban J connectivity index is 2.04. The van der Waals surface area contributed by atoms with Gasteiger partial charge in [0.2, 0.25) is 0 Å². The highest BCUT2D eigenvalue weighted by Gasteiger charge is 2.12. The van der Waals surface area contributed by atoms with Gasteiger partial charge in [0.15, 0.2) is 0 Å². The molecule has 1 N–H and O–H groups in total.